The zero-order valence-corrected chi connectivity index (χ0v) is 13.3. The number of alkyl halides is 1. The number of hydrogen-bond acceptors (Lipinski definition) is 2. The molecule has 3 nitrogen and oxygen atoms in total. The Hall–Kier alpha value is -0.250. The fourth-order valence-electron chi connectivity index (χ4n) is 2.81. The first-order chi connectivity index (χ1) is 9.13. The van der Waals surface area contributed by atoms with Crippen molar-refractivity contribution in [3.05, 3.63) is 16.4 Å². The van der Waals surface area contributed by atoms with Gasteiger partial charge in [-0.3, -0.25) is 4.68 Å². The van der Waals surface area contributed by atoms with Gasteiger partial charge in [-0.25, -0.2) is 0 Å². The number of halogens is 2. The van der Waals surface area contributed by atoms with Gasteiger partial charge in [-0.05, 0) is 39.2 Å². The highest BCUT2D eigenvalue weighted by Crippen LogP contribution is 2.28. The zero-order chi connectivity index (χ0) is 13.8. The smallest absolute Gasteiger partial charge is 0.0860 e. The van der Waals surface area contributed by atoms with Crippen molar-refractivity contribution < 1.29 is 0 Å². The van der Waals surface area contributed by atoms with Crippen molar-refractivity contribution >= 4 is 23.2 Å². The van der Waals surface area contributed by atoms with Crippen LogP contribution in [0.2, 0.25) is 5.02 Å². The quantitative estimate of drug-likeness (QED) is 0.840. The summed E-state index contributed by atoms with van der Waals surface area (Å²) in [5.74, 6) is 0.591. The van der Waals surface area contributed by atoms with E-state index in [0.717, 1.165) is 42.5 Å². The molecule has 1 aliphatic rings. The molecule has 1 fully saturated rings. The van der Waals surface area contributed by atoms with Crippen molar-refractivity contribution in [1.29, 1.82) is 0 Å². The molecule has 1 aromatic rings. The van der Waals surface area contributed by atoms with Crippen LogP contribution in [0.1, 0.15) is 44.0 Å². The first-order valence-corrected chi connectivity index (χ1v) is 8.01. The van der Waals surface area contributed by atoms with E-state index < -0.39 is 0 Å². The maximum Gasteiger partial charge on any atom is 0.0860 e. The highest BCUT2D eigenvalue weighted by Gasteiger charge is 2.22. The van der Waals surface area contributed by atoms with E-state index in [4.69, 9.17) is 23.2 Å². The Balaban J connectivity index is 1.88. The fourth-order valence-corrected chi connectivity index (χ4v) is 3.38. The molecule has 1 heterocycles. The van der Waals surface area contributed by atoms with Crippen LogP contribution < -0.4 is 5.32 Å². The predicted octanol–water partition coefficient (Wildman–Crippen LogP) is 3.75. The van der Waals surface area contributed by atoms with Crippen molar-refractivity contribution in [2.75, 3.05) is 6.54 Å². The van der Waals surface area contributed by atoms with Crippen molar-refractivity contribution in [2.24, 2.45) is 5.92 Å². The molecular weight excluding hydrogens is 281 g/mol. The van der Waals surface area contributed by atoms with Gasteiger partial charge in [-0.1, -0.05) is 24.4 Å². The van der Waals surface area contributed by atoms with Gasteiger partial charge in [-0.15, -0.1) is 11.6 Å². The van der Waals surface area contributed by atoms with Gasteiger partial charge < -0.3 is 5.32 Å². The lowest BCUT2D eigenvalue weighted by Crippen LogP contribution is -2.31. The highest BCUT2D eigenvalue weighted by atomic mass is 35.5. The number of aryl methyl sites for hydroxylation is 2. The van der Waals surface area contributed by atoms with Crippen molar-refractivity contribution in [3.63, 3.8) is 0 Å². The minimum Gasteiger partial charge on any atom is -0.311 e. The van der Waals surface area contributed by atoms with Gasteiger partial charge in [-0.2, -0.15) is 5.10 Å². The maximum atomic E-state index is 6.37. The van der Waals surface area contributed by atoms with Crippen LogP contribution in [0.4, 0.5) is 0 Å². The number of nitrogens with zero attached hydrogens (tertiary/aromatic N) is 2. The summed E-state index contributed by atoms with van der Waals surface area (Å²) in [5, 5.41) is 9.05. The van der Waals surface area contributed by atoms with E-state index in [0.29, 0.717) is 11.3 Å². The third kappa shape index (κ3) is 3.65. The lowest BCUT2D eigenvalue weighted by Gasteiger charge is -2.27. The number of rotatable bonds is 5. The Morgan fingerprint density at radius 2 is 2.11 bits per heavy atom. The SMILES string of the molecule is CCn1nc(C)c(Cl)c1CNCC1CCCCC1Cl. The molecule has 2 rings (SSSR count). The third-order valence-electron chi connectivity index (χ3n) is 3.97. The lowest BCUT2D eigenvalue weighted by molar-refractivity contribution is 0.347. The molecule has 0 bridgehead atoms. The van der Waals surface area contributed by atoms with Gasteiger partial charge in [0.15, 0.2) is 0 Å². The molecule has 1 N–H and O–H groups in total. The molecule has 0 spiro atoms. The molecule has 1 saturated carbocycles. The van der Waals surface area contributed by atoms with Crippen LogP contribution in [0.3, 0.4) is 0 Å². The Labute approximate surface area is 125 Å². The summed E-state index contributed by atoms with van der Waals surface area (Å²) in [7, 11) is 0. The van der Waals surface area contributed by atoms with Gasteiger partial charge in [0, 0.05) is 18.5 Å². The second kappa shape index (κ2) is 6.96. The van der Waals surface area contributed by atoms with Crippen LogP contribution in [0.15, 0.2) is 0 Å². The molecule has 2 atom stereocenters. The minimum absolute atomic E-state index is 0.328. The normalized spacial score (nSPS) is 23.8. The Morgan fingerprint density at radius 3 is 2.79 bits per heavy atom. The van der Waals surface area contributed by atoms with E-state index in [9.17, 15) is 0 Å². The van der Waals surface area contributed by atoms with E-state index in [1.54, 1.807) is 0 Å². The average molecular weight is 304 g/mol. The van der Waals surface area contributed by atoms with Crippen molar-refractivity contribution in [1.82, 2.24) is 15.1 Å². The molecule has 0 saturated heterocycles. The average Bonchev–Trinajstić information content (AvgIpc) is 2.68. The summed E-state index contributed by atoms with van der Waals surface area (Å²) in [6, 6.07) is 0. The van der Waals surface area contributed by atoms with Crippen molar-refractivity contribution in [3.8, 4) is 0 Å². The minimum atomic E-state index is 0.328. The zero-order valence-electron chi connectivity index (χ0n) is 11.8. The van der Waals surface area contributed by atoms with E-state index in [-0.39, 0.29) is 0 Å². The molecule has 0 amide bonds. The van der Waals surface area contributed by atoms with Gasteiger partial charge >= 0.3 is 0 Å². The topological polar surface area (TPSA) is 29.9 Å². The van der Waals surface area contributed by atoms with Gasteiger partial charge in [0.05, 0.1) is 16.4 Å². The highest BCUT2D eigenvalue weighted by molar-refractivity contribution is 6.31. The molecule has 1 aliphatic carbocycles. The summed E-state index contributed by atoms with van der Waals surface area (Å²) < 4.78 is 1.98. The number of nitrogens with one attached hydrogen (secondary N) is 1. The van der Waals surface area contributed by atoms with Crippen LogP contribution in [-0.2, 0) is 13.1 Å². The summed E-state index contributed by atoms with van der Waals surface area (Å²) in [6.07, 6.45) is 4.97. The van der Waals surface area contributed by atoms with Crippen LogP contribution in [0, 0.1) is 12.8 Å². The van der Waals surface area contributed by atoms with E-state index in [1.165, 1.54) is 19.3 Å². The standard InChI is InChI=1S/C14H23Cl2N3/c1-3-19-13(14(16)10(2)18-19)9-17-8-11-6-4-5-7-12(11)15/h11-12,17H,3-9H2,1-2H3. The van der Waals surface area contributed by atoms with Gasteiger partial charge in [0.2, 0.25) is 0 Å². The van der Waals surface area contributed by atoms with Gasteiger partial charge in [0.1, 0.15) is 0 Å². The second-order valence-corrected chi connectivity index (χ2v) is 6.29. The number of aromatic nitrogens is 2. The lowest BCUT2D eigenvalue weighted by atomic mass is 9.89. The fraction of sp³-hybridized carbons (Fsp3) is 0.786. The summed E-state index contributed by atoms with van der Waals surface area (Å²) in [5.41, 5.74) is 2.00. The monoisotopic (exact) mass is 303 g/mol. The third-order valence-corrected chi connectivity index (χ3v) is 5.03. The van der Waals surface area contributed by atoms with Crippen LogP contribution >= 0.6 is 23.2 Å². The molecule has 0 radical (unpaired) electrons. The summed E-state index contributed by atoms with van der Waals surface area (Å²) in [4.78, 5) is 0. The van der Waals surface area contributed by atoms with Crippen LogP contribution in [0.5, 0.6) is 0 Å². The Kier molecular flexibility index (Phi) is 5.55. The first kappa shape index (κ1) is 15.1. The number of hydrogen-bond donors (Lipinski definition) is 1. The Bertz CT molecular complexity index is 417. The predicted molar refractivity (Wildman–Crippen MR) is 81.0 cm³/mol. The van der Waals surface area contributed by atoms with Gasteiger partial charge in [0.25, 0.3) is 0 Å². The summed E-state index contributed by atoms with van der Waals surface area (Å²) in [6.45, 7) is 6.63. The Morgan fingerprint density at radius 1 is 1.37 bits per heavy atom. The molecular formula is C14H23Cl2N3. The van der Waals surface area contributed by atoms with Crippen LogP contribution in [0.25, 0.3) is 0 Å². The molecule has 0 aromatic carbocycles. The first-order valence-electron chi connectivity index (χ1n) is 7.20. The molecule has 0 aliphatic heterocycles. The molecule has 108 valence electrons. The molecule has 19 heavy (non-hydrogen) atoms. The summed E-state index contributed by atoms with van der Waals surface area (Å²) >= 11 is 12.7. The van der Waals surface area contributed by atoms with E-state index in [2.05, 4.69) is 17.3 Å². The molecule has 5 heteroatoms. The van der Waals surface area contributed by atoms with E-state index in [1.807, 2.05) is 11.6 Å². The molecule has 1 aromatic heterocycles. The maximum absolute atomic E-state index is 6.37. The molecule has 2 unspecified atom stereocenters. The van der Waals surface area contributed by atoms with Crippen molar-refractivity contribution in [2.45, 2.75) is 58.0 Å². The van der Waals surface area contributed by atoms with E-state index >= 15 is 0 Å². The van der Waals surface area contributed by atoms with Crippen LogP contribution in [-0.4, -0.2) is 21.7 Å². The largest absolute Gasteiger partial charge is 0.311 e. The second-order valence-electron chi connectivity index (χ2n) is 5.35.